The highest BCUT2D eigenvalue weighted by molar-refractivity contribution is 6.12. The van der Waals surface area contributed by atoms with Gasteiger partial charge in [-0.05, 0) is 65.7 Å². The molecule has 0 radical (unpaired) electrons. The fourth-order valence-electron chi connectivity index (χ4n) is 4.79. The Morgan fingerprint density at radius 2 is 1.47 bits per heavy atom. The summed E-state index contributed by atoms with van der Waals surface area (Å²) in [4.78, 5) is 29.4. The number of halogens is 2. The van der Waals surface area contributed by atoms with E-state index in [1.807, 2.05) is 0 Å². The van der Waals surface area contributed by atoms with Gasteiger partial charge in [0.05, 0.1) is 31.9 Å². The molecule has 2 atom stereocenters. The summed E-state index contributed by atoms with van der Waals surface area (Å²) in [5.74, 6) is -2.19. The zero-order valence-electron chi connectivity index (χ0n) is 20.7. The predicted molar refractivity (Wildman–Crippen MR) is 140 cm³/mol. The molecule has 1 heterocycles. The van der Waals surface area contributed by atoms with E-state index >= 15 is 0 Å². The molecule has 0 aromatic heterocycles. The topological polar surface area (TPSA) is 67.9 Å². The first-order chi connectivity index (χ1) is 18.4. The normalized spacial score (nSPS) is 16.5. The number of fused-ring (bicyclic) bond motifs is 1. The van der Waals surface area contributed by atoms with Crippen molar-refractivity contribution in [2.45, 2.75) is 12.0 Å². The van der Waals surface area contributed by atoms with Crippen LogP contribution in [0.1, 0.15) is 33.4 Å². The van der Waals surface area contributed by atoms with Gasteiger partial charge in [-0.15, -0.1) is 0 Å². The number of amides is 2. The molecule has 0 bridgehead atoms. The van der Waals surface area contributed by atoms with E-state index in [9.17, 15) is 18.4 Å². The van der Waals surface area contributed by atoms with Crippen molar-refractivity contribution in [1.82, 2.24) is 0 Å². The molecule has 0 fully saturated rings. The van der Waals surface area contributed by atoms with E-state index < -0.39 is 29.5 Å². The summed E-state index contributed by atoms with van der Waals surface area (Å²) in [6.45, 7) is 0. The Kier molecular flexibility index (Phi) is 6.79. The zero-order chi connectivity index (χ0) is 26.8. The van der Waals surface area contributed by atoms with Crippen molar-refractivity contribution in [2.75, 3.05) is 24.4 Å². The van der Waals surface area contributed by atoms with Gasteiger partial charge >= 0.3 is 0 Å². The number of rotatable bonds is 6. The Bertz CT molecular complexity index is 1490. The van der Waals surface area contributed by atoms with Crippen molar-refractivity contribution >= 4 is 23.2 Å². The van der Waals surface area contributed by atoms with Gasteiger partial charge in [-0.2, -0.15) is 0 Å². The molecular weight excluding hydrogens is 490 g/mol. The monoisotopic (exact) mass is 514 g/mol. The van der Waals surface area contributed by atoms with Crippen molar-refractivity contribution in [3.8, 4) is 11.5 Å². The summed E-state index contributed by atoms with van der Waals surface area (Å²) >= 11 is 0. The second kappa shape index (κ2) is 10.3. The van der Waals surface area contributed by atoms with Gasteiger partial charge in [0.1, 0.15) is 23.1 Å². The lowest BCUT2D eigenvalue weighted by Crippen LogP contribution is -2.46. The highest BCUT2D eigenvalue weighted by atomic mass is 19.1. The van der Waals surface area contributed by atoms with Crippen LogP contribution >= 0.6 is 0 Å². The summed E-state index contributed by atoms with van der Waals surface area (Å²) < 4.78 is 38.6. The van der Waals surface area contributed by atoms with Crippen molar-refractivity contribution in [1.29, 1.82) is 0 Å². The van der Waals surface area contributed by atoms with Crippen LogP contribution in [0.5, 0.6) is 11.5 Å². The molecule has 6 nitrogen and oxygen atoms in total. The third-order valence-electron chi connectivity index (χ3n) is 6.62. The molecule has 0 spiro atoms. The summed E-state index contributed by atoms with van der Waals surface area (Å²) in [6, 6.07) is 23.1. The van der Waals surface area contributed by atoms with Crippen LogP contribution in [0.25, 0.3) is 0 Å². The summed E-state index contributed by atoms with van der Waals surface area (Å²) in [5, 5.41) is 2.61. The fourth-order valence-corrected chi connectivity index (χ4v) is 4.79. The maximum absolute atomic E-state index is 14.5. The Balaban J connectivity index is 1.68. The van der Waals surface area contributed by atoms with Crippen LogP contribution in [0.15, 0.2) is 91.0 Å². The largest absolute Gasteiger partial charge is 0.497 e. The molecule has 1 N–H and O–H groups in total. The van der Waals surface area contributed by atoms with Gasteiger partial charge < -0.3 is 14.8 Å². The molecule has 38 heavy (non-hydrogen) atoms. The lowest BCUT2D eigenvalue weighted by Gasteiger charge is -2.42. The molecule has 8 heteroatoms. The van der Waals surface area contributed by atoms with E-state index in [0.717, 1.165) is 6.07 Å². The minimum atomic E-state index is -0.927. The molecule has 1 aliphatic rings. The van der Waals surface area contributed by atoms with Gasteiger partial charge in [0.15, 0.2) is 0 Å². The number of carbonyl (C=O) groups is 2. The lowest BCUT2D eigenvalue weighted by molar-refractivity contribution is -0.118. The van der Waals surface area contributed by atoms with Gasteiger partial charge in [0, 0.05) is 17.3 Å². The van der Waals surface area contributed by atoms with E-state index in [-0.39, 0.29) is 11.6 Å². The van der Waals surface area contributed by atoms with Crippen LogP contribution in [-0.2, 0) is 4.79 Å². The summed E-state index contributed by atoms with van der Waals surface area (Å²) in [6.07, 6.45) is 0. The number of benzene rings is 4. The van der Waals surface area contributed by atoms with Crippen molar-refractivity contribution in [2.24, 2.45) is 0 Å². The zero-order valence-corrected chi connectivity index (χ0v) is 20.7. The Morgan fingerprint density at radius 1 is 0.842 bits per heavy atom. The maximum atomic E-state index is 14.5. The van der Waals surface area contributed by atoms with Gasteiger partial charge in [-0.1, -0.05) is 30.3 Å². The van der Waals surface area contributed by atoms with Crippen molar-refractivity contribution in [3.63, 3.8) is 0 Å². The van der Waals surface area contributed by atoms with Gasteiger partial charge in [0.25, 0.3) is 5.91 Å². The second-order valence-electron chi connectivity index (χ2n) is 8.77. The first-order valence-electron chi connectivity index (χ1n) is 11.9. The molecule has 0 unspecified atom stereocenters. The third-order valence-corrected chi connectivity index (χ3v) is 6.62. The highest BCUT2D eigenvalue weighted by Gasteiger charge is 2.45. The number of nitrogens with one attached hydrogen (secondary N) is 1. The number of carbonyl (C=O) groups excluding carboxylic acids is 2. The van der Waals surface area contributed by atoms with E-state index in [0.29, 0.717) is 39.9 Å². The first kappa shape index (κ1) is 25.0. The molecule has 0 saturated heterocycles. The average molecular weight is 515 g/mol. The molecule has 192 valence electrons. The standard InChI is InChI=1S/C30H24F2N2O4/c1-37-21-12-7-18(8-13-21)28-27(29(35)33-26-16-9-19(31)17-25(26)32)23-5-3-4-6-24(23)30(36)34(28)20-10-14-22(38-2)15-11-20/h3-17,27-28H,1-2H3,(H,33,35)/t27-,28+/m0/s1. The Morgan fingerprint density at radius 3 is 2.11 bits per heavy atom. The minimum Gasteiger partial charge on any atom is -0.497 e. The van der Waals surface area contributed by atoms with Crippen molar-refractivity contribution < 1.29 is 27.8 Å². The maximum Gasteiger partial charge on any atom is 0.259 e. The van der Waals surface area contributed by atoms with Crippen LogP contribution in [0.4, 0.5) is 20.2 Å². The quantitative estimate of drug-likeness (QED) is 0.337. The molecule has 5 rings (SSSR count). The summed E-state index contributed by atoms with van der Waals surface area (Å²) in [7, 11) is 3.10. The molecule has 4 aromatic carbocycles. The van der Waals surface area contributed by atoms with Gasteiger partial charge in [-0.25, -0.2) is 8.78 Å². The molecule has 2 amide bonds. The first-order valence-corrected chi connectivity index (χ1v) is 11.9. The van der Waals surface area contributed by atoms with Crippen LogP contribution in [0.3, 0.4) is 0 Å². The lowest BCUT2D eigenvalue weighted by atomic mass is 9.78. The number of nitrogens with zero attached hydrogens (tertiary/aromatic N) is 1. The Hall–Kier alpha value is -4.72. The number of ether oxygens (including phenoxy) is 2. The fraction of sp³-hybridized carbons (Fsp3) is 0.133. The van der Waals surface area contributed by atoms with E-state index in [4.69, 9.17) is 9.47 Å². The van der Waals surface area contributed by atoms with E-state index in [1.165, 1.54) is 6.07 Å². The minimum absolute atomic E-state index is 0.157. The number of hydrogen-bond donors (Lipinski definition) is 1. The highest BCUT2D eigenvalue weighted by Crippen LogP contribution is 2.46. The molecule has 1 aliphatic heterocycles. The van der Waals surface area contributed by atoms with E-state index in [2.05, 4.69) is 5.32 Å². The average Bonchev–Trinajstić information content (AvgIpc) is 2.94. The number of methoxy groups -OCH3 is 2. The second-order valence-corrected chi connectivity index (χ2v) is 8.77. The smallest absolute Gasteiger partial charge is 0.259 e. The SMILES string of the molecule is COc1ccc([C@@H]2[C@@H](C(=O)Nc3ccc(F)cc3F)c3ccccc3C(=O)N2c2ccc(OC)cc2)cc1. The third kappa shape index (κ3) is 4.56. The molecule has 0 saturated carbocycles. The molecular formula is C30H24F2N2O4. The Labute approximate surface area is 218 Å². The van der Waals surface area contributed by atoms with Crippen LogP contribution in [0, 0.1) is 11.6 Å². The van der Waals surface area contributed by atoms with Gasteiger partial charge in [-0.3, -0.25) is 14.5 Å². The molecule has 0 aliphatic carbocycles. The number of anilines is 2. The van der Waals surface area contributed by atoms with Crippen molar-refractivity contribution in [3.05, 3.63) is 119 Å². The van der Waals surface area contributed by atoms with E-state index in [1.54, 1.807) is 91.9 Å². The predicted octanol–water partition coefficient (Wildman–Crippen LogP) is 6.11. The van der Waals surface area contributed by atoms with Crippen LogP contribution in [0.2, 0.25) is 0 Å². The molecule has 4 aromatic rings. The van der Waals surface area contributed by atoms with Gasteiger partial charge in [0.2, 0.25) is 5.91 Å². The number of hydrogen-bond acceptors (Lipinski definition) is 4. The van der Waals surface area contributed by atoms with Crippen LogP contribution < -0.4 is 19.7 Å². The van der Waals surface area contributed by atoms with Crippen LogP contribution in [-0.4, -0.2) is 26.0 Å². The summed E-state index contributed by atoms with van der Waals surface area (Å²) in [5.41, 5.74) is 1.92.